The van der Waals surface area contributed by atoms with Crippen LogP contribution in [0.2, 0.25) is 0 Å². The Hall–Kier alpha value is -1.47. The first-order valence-electron chi connectivity index (χ1n) is 7.85. The first-order chi connectivity index (χ1) is 11.8. The molecule has 0 amide bonds. The van der Waals surface area contributed by atoms with Crippen molar-refractivity contribution in [3.8, 4) is 0 Å². The number of hydrogen-bond donors (Lipinski definition) is 1. The highest BCUT2D eigenvalue weighted by Gasteiger charge is 2.20. The molecule has 0 saturated heterocycles. The monoisotopic (exact) mass is 424 g/mol. The lowest BCUT2D eigenvalue weighted by atomic mass is 9.93. The summed E-state index contributed by atoms with van der Waals surface area (Å²) in [5, 5.41) is 10.5. The number of aliphatic hydroxyl groups is 1. The molecule has 25 heavy (non-hydrogen) atoms. The van der Waals surface area contributed by atoms with E-state index in [1.807, 2.05) is 31.2 Å². The second-order valence-corrected chi connectivity index (χ2v) is 8.30. The largest absolute Gasteiger partial charge is 0.388 e. The van der Waals surface area contributed by atoms with Gasteiger partial charge in [-0.2, -0.15) is 8.42 Å². The molecule has 2 rings (SSSR count). The van der Waals surface area contributed by atoms with E-state index in [0.29, 0.717) is 6.42 Å². The Balaban J connectivity index is 1.97. The summed E-state index contributed by atoms with van der Waals surface area (Å²) in [6.07, 6.45) is 1.19. The minimum atomic E-state index is -3.80. The zero-order valence-electron chi connectivity index (χ0n) is 13.9. The molecule has 0 fully saturated rings. The minimum absolute atomic E-state index is 0.0273. The van der Waals surface area contributed by atoms with Gasteiger partial charge in [-0.1, -0.05) is 51.8 Å². The topological polar surface area (TPSA) is 63.6 Å². The Morgan fingerprint density at radius 3 is 2.32 bits per heavy atom. The number of benzene rings is 2. The summed E-state index contributed by atoms with van der Waals surface area (Å²) in [5.74, 6) is -0.311. The number of aryl methyl sites for hydroxylation is 1. The third kappa shape index (κ3) is 5.51. The van der Waals surface area contributed by atoms with Crippen LogP contribution in [0, 0.1) is 12.8 Å². The van der Waals surface area contributed by atoms with Crippen molar-refractivity contribution in [3.05, 3.63) is 76.8 Å². The first kappa shape index (κ1) is 19.8. The Morgan fingerprint density at radius 1 is 1.16 bits per heavy atom. The molecular formula is C19H21BrO4S. The number of aliphatic hydroxyl groups excluding tert-OH is 1. The molecule has 2 aromatic rings. The molecule has 0 heterocycles. The van der Waals surface area contributed by atoms with Gasteiger partial charge in [-0.15, -0.1) is 6.58 Å². The summed E-state index contributed by atoms with van der Waals surface area (Å²) < 4.78 is 30.4. The smallest absolute Gasteiger partial charge is 0.296 e. The second kappa shape index (κ2) is 8.76. The van der Waals surface area contributed by atoms with Crippen molar-refractivity contribution in [2.75, 3.05) is 6.61 Å². The molecule has 0 aliphatic rings. The van der Waals surface area contributed by atoms with Crippen molar-refractivity contribution in [2.45, 2.75) is 24.3 Å². The van der Waals surface area contributed by atoms with Crippen molar-refractivity contribution in [1.29, 1.82) is 0 Å². The molecule has 4 nitrogen and oxygen atoms in total. The predicted molar refractivity (Wildman–Crippen MR) is 102 cm³/mol. The average Bonchev–Trinajstić information content (AvgIpc) is 2.59. The maximum Gasteiger partial charge on any atom is 0.296 e. The molecule has 1 N–H and O–H groups in total. The van der Waals surface area contributed by atoms with E-state index in [1.54, 1.807) is 18.2 Å². The lowest BCUT2D eigenvalue weighted by molar-refractivity contribution is 0.117. The Morgan fingerprint density at radius 2 is 1.76 bits per heavy atom. The summed E-state index contributed by atoms with van der Waals surface area (Å²) in [4.78, 5) is 0.127. The normalized spacial score (nSPS) is 14.0. The molecule has 134 valence electrons. The lowest BCUT2D eigenvalue weighted by Gasteiger charge is -2.20. The van der Waals surface area contributed by atoms with Gasteiger partial charge in [0.15, 0.2) is 0 Å². The molecule has 0 aliphatic carbocycles. The van der Waals surface area contributed by atoms with Gasteiger partial charge in [-0.05, 0) is 43.2 Å². The van der Waals surface area contributed by atoms with Crippen molar-refractivity contribution in [1.82, 2.24) is 0 Å². The standard InChI is InChI=1S/C19H21BrO4S/c1-3-15(19(21)16-6-8-17(20)9-7-16)12-13-24-25(22,23)18-10-4-14(2)5-11-18/h3-11,15,19,21H,1,12-13H2,2H3. The van der Waals surface area contributed by atoms with E-state index >= 15 is 0 Å². The van der Waals surface area contributed by atoms with Crippen LogP contribution >= 0.6 is 15.9 Å². The average molecular weight is 425 g/mol. The van der Waals surface area contributed by atoms with E-state index < -0.39 is 16.2 Å². The van der Waals surface area contributed by atoms with E-state index in [9.17, 15) is 13.5 Å². The molecule has 0 saturated carbocycles. The van der Waals surface area contributed by atoms with Gasteiger partial charge in [0.05, 0.1) is 17.6 Å². The molecule has 2 aromatic carbocycles. The van der Waals surface area contributed by atoms with Crippen molar-refractivity contribution >= 4 is 26.0 Å². The van der Waals surface area contributed by atoms with Crippen LogP contribution in [0.15, 0.2) is 70.6 Å². The fraction of sp³-hybridized carbons (Fsp3) is 0.263. The summed E-state index contributed by atoms with van der Waals surface area (Å²) in [7, 11) is -3.80. The Bertz CT molecular complexity index is 798. The van der Waals surface area contributed by atoms with Gasteiger partial charge in [-0.25, -0.2) is 0 Å². The predicted octanol–water partition coefficient (Wildman–Crippen LogP) is 4.39. The molecule has 0 bridgehead atoms. The van der Waals surface area contributed by atoms with Crippen molar-refractivity contribution in [3.63, 3.8) is 0 Å². The Kier molecular flexibility index (Phi) is 6.95. The fourth-order valence-electron chi connectivity index (χ4n) is 2.38. The lowest BCUT2D eigenvalue weighted by Crippen LogP contribution is -2.15. The maximum atomic E-state index is 12.2. The molecule has 0 radical (unpaired) electrons. The fourth-order valence-corrected chi connectivity index (χ4v) is 3.56. The van der Waals surface area contributed by atoms with Gasteiger partial charge in [0, 0.05) is 10.4 Å². The minimum Gasteiger partial charge on any atom is -0.388 e. The molecule has 6 heteroatoms. The molecule has 2 atom stereocenters. The zero-order valence-corrected chi connectivity index (χ0v) is 16.3. The van der Waals surface area contributed by atoms with Crippen LogP contribution in [0.25, 0.3) is 0 Å². The van der Waals surface area contributed by atoms with Crippen LogP contribution < -0.4 is 0 Å². The van der Waals surface area contributed by atoms with Crippen LogP contribution in [-0.2, 0) is 14.3 Å². The quantitative estimate of drug-likeness (QED) is 0.504. The highest BCUT2D eigenvalue weighted by Crippen LogP contribution is 2.27. The molecule has 0 aliphatic heterocycles. The third-order valence-electron chi connectivity index (χ3n) is 3.92. The molecule has 0 aromatic heterocycles. The SMILES string of the molecule is C=CC(CCOS(=O)(=O)c1ccc(C)cc1)C(O)c1ccc(Br)cc1. The second-order valence-electron chi connectivity index (χ2n) is 5.77. The van der Waals surface area contributed by atoms with Crippen LogP contribution in [0.5, 0.6) is 0 Å². The number of halogens is 1. The van der Waals surface area contributed by atoms with Gasteiger partial charge in [0.25, 0.3) is 10.1 Å². The van der Waals surface area contributed by atoms with Crippen molar-refractivity contribution in [2.24, 2.45) is 5.92 Å². The number of hydrogen-bond acceptors (Lipinski definition) is 4. The van der Waals surface area contributed by atoms with E-state index in [1.165, 1.54) is 12.1 Å². The zero-order chi connectivity index (χ0) is 18.4. The van der Waals surface area contributed by atoms with Gasteiger partial charge in [-0.3, -0.25) is 4.18 Å². The van der Waals surface area contributed by atoms with Crippen LogP contribution in [-0.4, -0.2) is 20.1 Å². The first-order valence-corrected chi connectivity index (χ1v) is 10.1. The molecule has 0 spiro atoms. The summed E-state index contributed by atoms with van der Waals surface area (Å²) in [5.41, 5.74) is 1.72. The summed E-state index contributed by atoms with van der Waals surface area (Å²) >= 11 is 3.35. The highest BCUT2D eigenvalue weighted by molar-refractivity contribution is 9.10. The molecular weight excluding hydrogens is 404 g/mol. The van der Waals surface area contributed by atoms with Gasteiger partial charge in [0.2, 0.25) is 0 Å². The van der Waals surface area contributed by atoms with Gasteiger partial charge >= 0.3 is 0 Å². The van der Waals surface area contributed by atoms with Crippen LogP contribution in [0.3, 0.4) is 0 Å². The summed E-state index contributed by atoms with van der Waals surface area (Å²) in [6.45, 7) is 5.59. The highest BCUT2D eigenvalue weighted by atomic mass is 79.9. The van der Waals surface area contributed by atoms with Crippen molar-refractivity contribution < 1.29 is 17.7 Å². The van der Waals surface area contributed by atoms with Crippen LogP contribution in [0.1, 0.15) is 23.7 Å². The van der Waals surface area contributed by atoms with Gasteiger partial charge in [0.1, 0.15) is 0 Å². The summed E-state index contributed by atoms with van der Waals surface area (Å²) in [6, 6.07) is 13.8. The van der Waals surface area contributed by atoms with E-state index in [2.05, 4.69) is 22.5 Å². The van der Waals surface area contributed by atoms with E-state index in [-0.39, 0.29) is 17.4 Å². The van der Waals surface area contributed by atoms with Crippen LogP contribution in [0.4, 0.5) is 0 Å². The number of rotatable bonds is 8. The maximum absolute atomic E-state index is 12.2. The van der Waals surface area contributed by atoms with E-state index in [4.69, 9.17) is 4.18 Å². The van der Waals surface area contributed by atoms with Gasteiger partial charge < -0.3 is 5.11 Å². The van der Waals surface area contributed by atoms with E-state index in [0.717, 1.165) is 15.6 Å². The third-order valence-corrected chi connectivity index (χ3v) is 5.77. The Labute approximate surface area is 157 Å². The molecule has 2 unspecified atom stereocenters.